The van der Waals surface area contributed by atoms with Crippen LogP contribution in [0.4, 0.5) is 0 Å². The minimum absolute atomic E-state index is 0.0596. The second-order valence-corrected chi connectivity index (χ2v) is 3.98. The van der Waals surface area contributed by atoms with Crippen molar-refractivity contribution < 1.29 is 9.47 Å². The van der Waals surface area contributed by atoms with Crippen LogP contribution in [-0.4, -0.2) is 38.5 Å². The summed E-state index contributed by atoms with van der Waals surface area (Å²) in [7, 11) is 1.99. The van der Waals surface area contributed by atoms with Crippen LogP contribution in [0.1, 0.15) is 26.2 Å². The van der Waals surface area contributed by atoms with Crippen LogP contribution in [-0.2, 0) is 9.47 Å². The largest absolute Gasteiger partial charge is 0.381 e. The number of hydrogen-bond donors (Lipinski definition) is 1. The fourth-order valence-corrected chi connectivity index (χ4v) is 2.36. The Bertz CT molecular complexity index is 183. The first kappa shape index (κ1) is 12.7. The molecule has 1 heterocycles. The highest BCUT2D eigenvalue weighted by Gasteiger charge is 2.39. The third-order valence-electron chi connectivity index (χ3n) is 3.16. The van der Waals surface area contributed by atoms with Gasteiger partial charge < -0.3 is 14.8 Å². The summed E-state index contributed by atoms with van der Waals surface area (Å²) in [5.41, 5.74) is -0.0596. The molecule has 0 radical (unpaired) electrons. The van der Waals surface area contributed by atoms with Crippen LogP contribution in [0.3, 0.4) is 0 Å². The van der Waals surface area contributed by atoms with Gasteiger partial charge in [-0.25, -0.2) is 0 Å². The van der Waals surface area contributed by atoms with Crippen molar-refractivity contribution in [2.45, 2.75) is 37.8 Å². The Kier molecular flexibility index (Phi) is 5.29. The summed E-state index contributed by atoms with van der Waals surface area (Å²) in [4.78, 5) is 0. The molecule has 1 atom stereocenters. The average Bonchev–Trinajstić information content (AvgIpc) is 2.27. The number of hydrogen-bond acceptors (Lipinski definition) is 3. The quantitative estimate of drug-likeness (QED) is 0.682. The second kappa shape index (κ2) is 6.26. The van der Waals surface area contributed by atoms with Crippen molar-refractivity contribution in [3.05, 3.63) is 12.7 Å². The van der Waals surface area contributed by atoms with Crippen molar-refractivity contribution in [1.29, 1.82) is 0 Å². The molecule has 15 heavy (non-hydrogen) atoms. The Labute approximate surface area is 92.8 Å². The summed E-state index contributed by atoms with van der Waals surface area (Å²) in [5, 5.41) is 3.35. The zero-order valence-corrected chi connectivity index (χ0v) is 9.92. The van der Waals surface area contributed by atoms with Crippen molar-refractivity contribution >= 4 is 0 Å². The maximum atomic E-state index is 5.99. The molecule has 0 saturated carbocycles. The van der Waals surface area contributed by atoms with E-state index in [2.05, 4.69) is 18.8 Å². The van der Waals surface area contributed by atoms with E-state index >= 15 is 0 Å². The predicted molar refractivity (Wildman–Crippen MR) is 62.1 cm³/mol. The Morgan fingerprint density at radius 3 is 2.67 bits per heavy atom. The monoisotopic (exact) mass is 213 g/mol. The van der Waals surface area contributed by atoms with Gasteiger partial charge in [0.2, 0.25) is 0 Å². The summed E-state index contributed by atoms with van der Waals surface area (Å²) < 4.78 is 11.4. The van der Waals surface area contributed by atoms with E-state index < -0.39 is 0 Å². The molecular weight excluding hydrogens is 190 g/mol. The van der Waals surface area contributed by atoms with Gasteiger partial charge in [0.15, 0.2) is 0 Å². The second-order valence-electron chi connectivity index (χ2n) is 3.98. The Morgan fingerprint density at radius 2 is 2.20 bits per heavy atom. The molecule has 0 bridgehead atoms. The van der Waals surface area contributed by atoms with Crippen LogP contribution < -0.4 is 5.32 Å². The van der Waals surface area contributed by atoms with E-state index in [1.54, 1.807) is 0 Å². The minimum Gasteiger partial charge on any atom is -0.381 e. The zero-order valence-electron chi connectivity index (χ0n) is 9.92. The van der Waals surface area contributed by atoms with Gasteiger partial charge in [-0.05, 0) is 20.4 Å². The van der Waals surface area contributed by atoms with E-state index in [-0.39, 0.29) is 5.60 Å². The van der Waals surface area contributed by atoms with Gasteiger partial charge >= 0.3 is 0 Å². The molecule has 1 fully saturated rings. The molecular formula is C12H23NO2. The normalized spacial score (nSPS) is 22.3. The van der Waals surface area contributed by atoms with Crippen LogP contribution in [0.25, 0.3) is 0 Å². The fourth-order valence-electron chi connectivity index (χ4n) is 2.36. The van der Waals surface area contributed by atoms with Gasteiger partial charge in [-0.3, -0.25) is 0 Å². The van der Waals surface area contributed by atoms with Crippen LogP contribution in [0, 0.1) is 0 Å². The highest BCUT2D eigenvalue weighted by molar-refractivity contribution is 4.97. The molecule has 1 aliphatic heterocycles. The van der Waals surface area contributed by atoms with Crippen molar-refractivity contribution in [2.75, 3.05) is 26.9 Å². The molecule has 3 heteroatoms. The Hall–Kier alpha value is -0.380. The van der Waals surface area contributed by atoms with E-state index in [0.29, 0.717) is 6.04 Å². The van der Waals surface area contributed by atoms with E-state index in [1.165, 1.54) is 0 Å². The molecule has 1 aliphatic rings. The van der Waals surface area contributed by atoms with E-state index in [4.69, 9.17) is 9.47 Å². The lowest BCUT2D eigenvalue weighted by Crippen LogP contribution is -2.54. The van der Waals surface area contributed by atoms with Gasteiger partial charge in [0.05, 0.1) is 5.60 Å². The molecule has 1 rings (SSSR count). The highest BCUT2D eigenvalue weighted by Crippen LogP contribution is 2.30. The van der Waals surface area contributed by atoms with Gasteiger partial charge in [-0.2, -0.15) is 0 Å². The first-order valence-corrected chi connectivity index (χ1v) is 5.79. The van der Waals surface area contributed by atoms with E-state index in [0.717, 1.165) is 39.1 Å². The lowest BCUT2D eigenvalue weighted by atomic mass is 9.84. The molecule has 1 unspecified atom stereocenters. The summed E-state index contributed by atoms with van der Waals surface area (Å²) in [6.45, 7) is 8.22. The van der Waals surface area contributed by atoms with Crippen molar-refractivity contribution in [3.63, 3.8) is 0 Å². The first-order chi connectivity index (χ1) is 7.29. The SMILES string of the molecule is C=CCC(NC)C1(OCC)CCOCC1. The maximum absolute atomic E-state index is 5.99. The van der Waals surface area contributed by atoms with Gasteiger partial charge in [-0.1, -0.05) is 6.08 Å². The molecule has 0 aromatic heterocycles. The topological polar surface area (TPSA) is 30.5 Å². The molecule has 1 N–H and O–H groups in total. The molecule has 3 nitrogen and oxygen atoms in total. The lowest BCUT2D eigenvalue weighted by molar-refractivity contribution is -0.125. The standard InChI is InChI=1S/C12H23NO2/c1-4-6-11(13-3)12(15-5-2)7-9-14-10-8-12/h4,11,13H,1,5-10H2,2-3H3. The molecule has 0 aliphatic carbocycles. The summed E-state index contributed by atoms with van der Waals surface area (Å²) in [6, 6.07) is 0.346. The van der Waals surface area contributed by atoms with Crippen LogP contribution in [0.5, 0.6) is 0 Å². The molecule has 0 amide bonds. The van der Waals surface area contributed by atoms with E-state index in [9.17, 15) is 0 Å². The lowest BCUT2D eigenvalue weighted by Gasteiger charge is -2.42. The maximum Gasteiger partial charge on any atom is 0.0881 e. The highest BCUT2D eigenvalue weighted by atomic mass is 16.5. The number of likely N-dealkylation sites (N-methyl/N-ethyl adjacent to an activating group) is 1. The van der Waals surface area contributed by atoms with Gasteiger partial charge in [0.25, 0.3) is 0 Å². The van der Waals surface area contributed by atoms with Crippen LogP contribution >= 0.6 is 0 Å². The molecule has 1 saturated heterocycles. The van der Waals surface area contributed by atoms with Gasteiger partial charge in [0, 0.05) is 38.7 Å². The van der Waals surface area contributed by atoms with Gasteiger partial charge in [-0.15, -0.1) is 6.58 Å². The summed E-state index contributed by atoms with van der Waals surface area (Å²) in [6.07, 6.45) is 4.84. The summed E-state index contributed by atoms with van der Waals surface area (Å²) >= 11 is 0. The number of rotatable bonds is 6. The molecule has 0 aromatic rings. The third-order valence-corrected chi connectivity index (χ3v) is 3.16. The Balaban J connectivity index is 2.71. The molecule has 88 valence electrons. The van der Waals surface area contributed by atoms with Gasteiger partial charge in [0.1, 0.15) is 0 Å². The minimum atomic E-state index is -0.0596. The Morgan fingerprint density at radius 1 is 1.53 bits per heavy atom. The molecule has 0 aromatic carbocycles. The third kappa shape index (κ3) is 3.03. The number of ether oxygens (including phenoxy) is 2. The average molecular weight is 213 g/mol. The first-order valence-electron chi connectivity index (χ1n) is 5.79. The van der Waals surface area contributed by atoms with Crippen molar-refractivity contribution in [2.24, 2.45) is 0 Å². The smallest absolute Gasteiger partial charge is 0.0881 e. The number of nitrogens with one attached hydrogen (secondary N) is 1. The predicted octanol–water partition coefficient (Wildman–Crippen LogP) is 1.74. The van der Waals surface area contributed by atoms with Crippen LogP contribution in [0.2, 0.25) is 0 Å². The zero-order chi connectivity index (χ0) is 11.1. The fraction of sp³-hybridized carbons (Fsp3) is 0.833. The van der Waals surface area contributed by atoms with Crippen molar-refractivity contribution in [1.82, 2.24) is 5.32 Å². The van der Waals surface area contributed by atoms with Crippen LogP contribution in [0.15, 0.2) is 12.7 Å². The molecule has 0 spiro atoms. The van der Waals surface area contributed by atoms with E-state index in [1.807, 2.05) is 13.1 Å². The van der Waals surface area contributed by atoms with Crippen molar-refractivity contribution in [3.8, 4) is 0 Å². The summed E-state index contributed by atoms with van der Waals surface area (Å²) in [5.74, 6) is 0.